The number of benzene rings is 2. The number of hydrogen-bond donors (Lipinski definition) is 2. The summed E-state index contributed by atoms with van der Waals surface area (Å²) in [5, 5.41) is 8.38. The summed E-state index contributed by atoms with van der Waals surface area (Å²) in [6.07, 6.45) is 3.02. The third-order valence-corrected chi connectivity index (χ3v) is 8.03. The second kappa shape index (κ2) is 9.88. The van der Waals surface area contributed by atoms with Gasteiger partial charge in [0, 0.05) is 6.54 Å². The smallest absolute Gasteiger partial charge is 0.246 e. The Morgan fingerprint density at radius 3 is 2.09 bits per heavy atom. The predicted molar refractivity (Wildman–Crippen MR) is 131 cm³/mol. The molecule has 1 saturated heterocycles. The van der Waals surface area contributed by atoms with E-state index in [2.05, 4.69) is 17.4 Å². The van der Waals surface area contributed by atoms with E-state index in [1.54, 1.807) is 17.0 Å². The zero-order valence-electron chi connectivity index (χ0n) is 19.7. The molecule has 1 fully saturated rings. The van der Waals surface area contributed by atoms with Gasteiger partial charge < -0.3 is 10.2 Å². The van der Waals surface area contributed by atoms with Crippen LogP contribution in [0.2, 0.25) is 0 Å². The van der Waals surface area contributed by atoms with Crippen LogP contribution in [-0.4, -0.2) is 37.2 Å². The minimum absolute atomic E-state index is 0.00123. The van der Waals surface area contributed by atoms with Crippen molar-refractivity contribution in [3.63, 3.8) is 0 Å². The number of nitrogens with zero attached hydrogens (tertiary/aromatic N) is 1. The Kier molecular flexibility index (Phi) is 7.09. The van der Waals surface area contributed by atoms with Crippen LogP contribution in [0.15, 0.2) is 48.5 Å². The van der Waals surface area contributed by atoms with Gasteiger partial charge in [-0.3, -0.25) is 9.59 Å². The van der Waals surface area contributed by atoms with Crippen molar-refractivity contribution < 1.29 is 18.0 Å². The summed E-state index contributed by atoms with van der Waals surface area (Å²) in [6.45, 7) is 4.23. The highest BCUT2D eigenvalue weighted by molar-refractivity contribution is 7.88. The Balaban J connectivity index is 1.67. The average Bonchev–Trinajstić information content (AvgIpc) is 3.22. The fourth-order valence-electron chi connectivity index (χ4n) is 5.54. The van der Waals surface area contributed by atoms with Gasteiger partial charge in [-0.05, 0) is 46.9 Å². The van der Waals surface area contributed by atoms with Gasteiger partial charge in [0.2, 0.25) is 21.8 Å². The van der Waals surface area contributed by atoms with Crippen LogP contribution in [0.25, 0.3) is 0 Å². The molecule has 0 spiro atoms. The van der Waals surface area contributed by atoms with Gasteiger partial charge in [-0.1, -0.05) is 75.2 Å². The van der Waals surface area contributed by atoms with E-state index < -0.39 is 22.1 Å². The molecule has 2 amide bonds. The second-order valence-electron chi connectivity index (χ2n) is 9.49. The number of carbonyl (C=O) groups excluding carboxylic acids is 2. The minimum atomic E-state index is -3.74. The molecule has 2 aromatic rings. The van der Waals surface area contributed by atoms with E-state index in [4.69, 9.17) is 5.14 Å². The van der Waals surface area contributed by atoms with E-state index in [1.807, 2.05) is 38.1 Å². The number of hydrogen-bond acceptors (Lipinski definition) is 4. The molecule has 34 heavy (non-hydrogen) atoms. The first kappa shape index (κ1) is 24.4. The number of amides is 2. The molecule has 4 rings (SSSR count). The maximum Gasteiger partial charge on any atom is 0.246 e. The largest absolute Gasteiger partial charge is 0.342 e. The van der Waals surface area contributed by atoms with Gasteiger partial charge in [-0.2, -0.15) is 0 Å². The summed E-state index contributed by atoms with van der Waals surface area (Å²) in [6, 6.07) is 14.1. The number of carbonyl (C=O) groups is 2. The van der Waals surface area contributed by atoms with Gasteiger partial charge in [0.25, 0.3) is 0 Å². The lowest BCUT2D eigenvalue weighted by Crippen LogP contribution is -2.66. The molecule has 1 heterocycles. The van der Waals surface area contributed by atoms with Crippen molar-refractivity contribution in [3.05, 3.63) is 70.8 Å². The first-order valence-corrected chi connectivity index (χ1v) is 13.7. The van der Waals surface area contributed by atoms with E-state index in [0.29, 0.717) is 11.1 Å². The molecule has 0 radical (unpaired) electrons. The summed E-state index contributed by atoms with van der Waals surface area (Å²) < 4.78 is 23.6. The molecule has 1 aliphatic heterocycles. The highest BCUT2D eigenvalue weighted by Crippen LogP contribution is 2.33. The van der Waals surface area contributed by atoms with Gasteiger partial charge in [-0.25, -0.2) is 13.6 Å². The molecule has 7 nitrogen and oxygen atoms in total. The van der Waals surface area contributed by atoms with Gasteiger partial charge in [0.15, 0.2) is 0 Å². The van der Waals surface area contributed by atoms with E-state index in [-0.39, 0.29) is 35.9 Å². The van der Waals surface area contributed by atoms with Crippen LogP contribution in [-0.2, 0) is 44.8 Å². The molecule has 182 valence electrons. The predicted octanol–water partition coefficient (Wildman–Crippen LogP) is 2.52. The molecule has 1 aliphatic carbocycles. The summed E-state index contributed by atoms with van der Waals surface area (Å²) >= 11 is 0. The SMILES string of the molecule is CCC(CC)[C@@H]1C(=O)N[C@H](C2Cc3ccccc3C2)C(=O)N1Cc1ccccc1CS(N)(=O)=O. The van der Waals surface area contributed by atoms with Gasteiger partial charge in [0.1, 0.15) is 12.1 Å². The van der Waals surface area contributed by atoms with E-state index in [1.165, 1.54) is 11.1 Å². The van der Waals surface area contributed by atoms with E-state index >= 15 is 0 Å². The van der Waals surface area contributed by atoms with Crippen molar-refractivity contribution in [2.45, 2.75) is 63.9 Å². The molecule has 8 heteroatoms. The Hall–Kier alpha value is -2.71. The lowest BCUT2D eigenvalue weighted by Gasteiger charge is -2.44. The third-order valence-electron chi connectivity index (χ3n) is 7.32. The number of sulfonamides is 1. The number of rotatable bonds is 8. The Labute approximate surface area is 201 Å². The zero-order valence-corrected chi connectivity index (χ0v) is 20.6. The maximum atomic E-state index is 13.9. The molecule has 2 aromatic carbocycles. The normalized spacial score (nSPS) is 21.1. The summed E-state index contributed by atoms with van der Waals surface area (Å²) in [5.74, 6) is -0.526. The lowest BCUT2D eigenvalue weighted by molar-refractivity contribution is -0.154. The molecule has 0 saturated carbocycles. The number of nitrogens with two attached hydrogens (primary N) is 1. The van der Waals surface area contributed by atoms with Gasteiger partial charge in [0.05, 0.1) is 5.75 Å². The van der Waals surface area contributed by atoms with Gasteiger partial charge in [-0.15, -0.1) is 0 Å². The van der Waals surface area contributed by atoms with Crippen LogP contribution >= 0.6 is 0 Å². The standard InChI is InChI=1S/C26H33N3O4S/c1-3-17(4-2)24-25(30)28-23(22-13-18-9-5-6-10-19(18)14-22)26(31)29(24)15-20-11-7-8-12-21(20)16-34(27,32)33/h5-12,17,22-24H,3-4,13-16H2,1-2H3,(H,28,30)(H2,27,32,33)/t23-,24-/m1/s1. The molecule has 0 aromatic heterocycles. The van der Waals surface area contributed by atoms with Crippen molar-refractivity contribution in [2.24, 2.45) is 17.0 Å². The molecule has 2 atom stereocenters. The van der Waals surface area contributed by atoms with Crippen LogP contribution < -0.4 is 10.5 Å². The third kappa shape index (κ3) is 5.03. The highest BCUT2D eigenvalue weighted by atomic mass is 32.2. The van der Waals surface area contributed by atoms with Crippen LogP contribution in [0.4, 0.5) is 0 Å². The van der Waals surface area contributed by atoms with Crippen molar-refractivity contribution in [1.29, 1.82) is 0 Å². The molecular weight excluding hydrogens is 450 g/mol. The average molecular weight is 484 g/mol. The number of piperazine rings is 1. The number of nitrogens with one attached hydrogen (secondary N) is 1. The van der Waals surface area contributed by atoms with Crippen molar-refractivity contribution in [2.75, 3.05) is 0 Å². The quantitative estimate of drug-likeness (QED) is 0.601. The van der Waals surface area contributed by atoms with Crippen LogP contribution in [0, 0.1) is 11.8 Å². The summed E-state index contributed by atoms with van der Waals surface area (Å²) in [7, 11) is -3.74. The first-order chi connectivity index (χ1) is 16.2. The second-order valence-corrected chi connectivity index (χ2v) is 11.1. The molecule has 0 bridgehead atoms. The zero-order chi connectivity index (χ0) is 24.5. The van der Waals surface area contributed by atoms with Crippen molar-refractivity contribution in [3.8, 4) is 0 Å². The van der Waals surface area contributed by atoms with E-state index in [0.717, 1.165) is 25.7 Å². The summed E-state index contributed by atoms with van der Waals surface area (Å²) in [5.41, 5.74) is 3.70. The van der Waals surface area contributed by atoms with Gasteiger partial charge >= 0.3 is 0 Å². The van der Waals surface area contributed by atoms with Crippen molar-refractivity contribution >= 4 is 21.8 Å². The number of fused-ring (bicyclic) bond motifs is 1. The number of primary sulfonamides is 1. The molecule has 0 unspecified atom stereocenters. The molecule has 2 aliphatic rings. The van der Waals surface area contributed by atoms with Crippen LogP contribution in [0.1, 0.15) is 48.9 Å². The van der Waals surface area contributed by atoms with Crippen molar-refractivity contribution in [1.82, 2.24) is 10.2 Å². The van der Waals surface area contributed by atoms with E-state index in [9.17, 15) is 18.0 Å². The lowest BCUT2D eigenvalue weighted by atomic mass is 9.86. The van der Waals surface area contributed by atoms with Crippen LogP contribution in [0.5, 0.6) is 0 Å². The fraction of sp³-hybridized carbons (Fsp3) is 0.462. The minimum Gasteiger partial charge on any atom is -0.342 e. The van der Waals surface area contributed by atoms with Crippen LogP contribution in [0.3, 0.4) is 0 Å². The fourth-order valence-corrected chi connectivity index (χ4v) is 6.25. The highest BCUT2D eigenvalue weighted by Gasteiger charge is 2.47. The maximum absolute atomic E-state index is 13.9. The Morgan fingerprint density at radius 1 is 0.971 bits per heavy atom. The molecule has 3 N–H and O–H groups in total. The monoisotopic (exact) mass is 483 g/mol. The summed E-state index contributed by atoms with van der Waals surface area (Å²) in [4.78, 5) is 29.0. The Bertz CT molecular complexity index is 1150. The first-order valence-electron chi connectivity index (χ1n) is 12.0. The topological polar surface area (TPSA) is 110 Å². The molecular formula is C26H33N3O4S. The Morgan fingerprint density at radius 2 is 1.53 bits per heavy atom.